The predicted octanol–water partition coefficient (Wildman–Crippen LogP) is 4.61. The van der Waals surface area contributed by atoms with Gasteiger partial charge >= 0.3 is 0 Å². The number of rotatable bonds is 4. The number of anilines is 2. The van der Waals surface area contributed by atoms with Crippen LogP contribution in [0.15, 0.2) is 84.1 Å². The lowest BCUT2D eigenvalue weighted by Gasteiger charge is -2.29. The van der Waals surface area contributed by atoms with Crippen molar-refractivity contribution in [2.45, 2.75) is 17.9 Å². The first-order valence-corrected chi connectivity index (χ1v) is 12.6. The fourth-order valence-electron chi connectivity index (χ4n) is 4.69. The number of benzene rings is 2. The highest BCUT2D eigenvalue weighted by atomic mass is 32.2. The maximum atomic E-state index is 13.6. The van der Waals surface area contributed by atoms with E-state index in [-0.39, 0.29) is 0 Å². The van der Waals surface area contributed by atoms with Crippen molar-refractivity contribution in [3.63, 3.8) is 0 Å². The zero-order valence-corrected chi connectivity index (χ0v) is 19.5. The highest BCUT2D eigenvalue weighted by Crippen LogP contribution is 2.32. The van der Waals surface area contributed by atoms with Crippen LogP contribution in [0, 0.1) is 0 Å². The number of hydrogen-bond donors (Lipinski definition) is 1. The maximum Gasteiger partial charge on any atom is 0.244 e. The van der Waals surface area contributed by atoms with E-state index < -0.39 is 10.0 Å². The van der Waals surface area contributed by atoms with E-state index in [1.54, 1.807) is 28.8 Å². The normalized spacial score (nSPS) is 14.4. The van der Waals surface area contributed by atoms with Crippen LogP contribution in [0.2, 0.25) is 0 Å². The Morgan fingerprint density at radius 3 is 2.79 bits per heavy atom. The standard InChI is InChI=1S/C26H23N5O2S/c1-30-13-10-22-24(30)7-4-8-25(22)34(32,33)31-14-11-21-19(17-31)9-12-27-26(21)29-20-15-18-5-2-3-6-23(18)28-16-20/h2-10,12-13,15-16H,11,14,17H2,1H3,(H,27,29). The summed E-state index contributed by atoms with van der Waals surface area (Å²) in [6.07, 6.45) is 5.99. The van der Waals surface area contributed by atoms with Gasteiger partial charge in [-0.1, -0.05) is 24.3 Å². The maximum absolute atomic E-state index is 13.6. The molecule has 170 valence electrons. The third kappa shape index (κ3) is 3.43. The Balaban J connectivity index is 1.31. The number of pyridine rings is 2. The number of nitrogens with one attached hydrogen (secondary N) is 1. The van der Waals surface area contributed by atoms with Crippen LogP contribution < -0.4 is 5.32 Å². The molecule has 0 atom stereocenters. The second kappa shape index (κ2) is 7.93. The van der Waals surface area contributed by atoms with Gasteiger partial charge in [-0.2, -0.15) is 4.31 Å². The number of para-hydroxylation sites is 1. The summed E-state index contributed by atoms with van der Waals surface area (Å²) in [5.74, 6) is 0.747. The molecule has 5 aromatic rings. The van der Waals surface area contributed by atoms with Gasteiger partial charge in [0.05, 0.1) is 22.3 Å². The summed E-state index contributed by atoms with van der Waals surface area (Å²) in [4.78, 5) is 9.41. The molecule has 0 aliphatic carbocycles. The van der Waals surface area contributed by atoms with Crippen LogP contribution >= 0.6 is 0 Å². The fourth-order valence-corrected chi connectivity index (χ4v) is 6.31. The molecule has 8 heteroatoms. The zero-order valence-electron chi connectivity index (χ0n) is 18.6. The van der Waals surface area contributed by atoms with Crippen molar-refractivity contribution in [2.75, 3.05) is 11.9 Å². The summed E-state index contributed by atoms with van der Waals surface area (Å²) in [6.45, 7) is 0.711. The van der Waals surface area contributed by atoms with E-state index in [4.69, 9.17) is 0 Å². The molecule has 0 saturated heterocycles. The minimum absolute atomic E-state index is 0.314. The Morgan fingerprint density at radius 2 is 1.88 bits per heavy atom. The molecule has 34 heavy (non-hydrogen) atoms. The molecule has 0 spiro atoms. The summed E-state index contributed by atoms with van der Waals surface area (Å²) >= 11 is 0. The van der Waals surface area contributed by atoms with Gasteiger partial charge in [-0.15, -0.1) is 0 Å². The molecular weight excluding hydrogens is 446 g/mol. The van der Waals surface area contributed by atoms with Crippen LogP contribution in [0.1, 0.15) is 11.1 Å². The minimum Gasteiger partial charge on any atom is -0.351 e. The van der Waals surface area contributed by atoms with Gasteiger partial charge in [0.1, 0.15) is 5.82 Å². The van der Waals surface area contributed by atoms with Crippen molar-refractivity contribution in [3.05, 3.63) is 90.4 Å². The van der Waals surface area contributed by atoms with Crippen molar-refractivity contribution < 1.29 is 8.42 Å². The third-order valence-electron chi connectivity index (χ3n) is 6.47. The van der Waals surface area contributed by atoms with Gasteiger partial charge in [-0.05, 0) is 48.4 Å². The number of nitrogens with zero attached hydrogens (tertiary/aromatic N) is 4. The molecule has 1 aliphatic heterocycles. The van der Waals surface area contributed by atoms with Crippen molar-refractivity contribution in [3.8, 4) is 0 Å². The first-order valence-electron chi connectivity index (χ1n) is 11.1. The molecule has 2 aromatic carbocycles. The Bertz CT molecular complexity index is 1660. The molecule has 0 saturated carbocycles. The molecule has 0 unspecified atom stereocenters. The van der Waals surface area contributed by atoms with Gasteiger partial charge in [0.2, 0.25) is 10.0 Å². The smallest absolute Gasteiger partial charge is 0.244 e. The van der Waals surface area contributed by atoms with Crippen LogP contribution in [0.25, 0.3) is 21.8 Å². The summed E-state index contributed by atoms with van der Waals surface area (Å²) in [7, 11) is -1.73. The molecule has 1 N–H and O–H groups in total. The van der Waals surface area contributed by atoms with Crippen molar-refractivity contribution >= 4 is 43.3 Å². The number of fused-ring (bicyclic) bond motifs is 3. The molecule has 7 nitrogen and oxygen atoms in total. The highest BCUT2D eigenvalue weighted by molar-refractivity contribution is 7.89. The largest absolute Gasteiger partial charge is 0.351 e. The average molecular weight is 470 g/mol. The lowest BCUT2D eigenvalue weighted by atomic mass is 10.0. The Labute approximate surface area is 197 Å². The van der Waals surface area contributed by atoms with Crippen molar-refractivity contribution in [1.29, 1.82) is 0 Å². The van der Waals surface area contributed by atoms with Gasteiger partial charge in [0.25, 0.3) is 0 Å². The van der Waals surface area contributed by atoms with Crippen LogP contribution in [0.3, 0.4) is 0 Å². The number of aromatic nitrogens is 3. The lowest BCUT2D eigenvalue weighted by molar-refractivity contribution is 0.391. The van der Waals surface area contributed by atoms with Crippen LogP contribution in [-0.4, -0.2) is 33.8 Å². The second-order valence-corrected chi connectivity index (χ2v) is 10.4. The first kappa shape index (κ1) is 20.8. The first-order chi connectivity index (χ1) is 16.5. The van der Waals surface area contributed by atoms with Gasteiger partial charge in [0.15, 0.2) is 0 Å². The third-order valence-corrected chi connectivity index (χ3v) is 8.37. The average Bonchev–Trinajstić information content (AvgIpc) is 3.24. The summed E-state index contributed by atoms with van der Waals surface area (Å²) in [6, 6.07) is 19.2. The number of sulfonamides is 1. The van der Waals surface area contributed by atoms with E-state index in [1.165, 1.54) is 0 Å². The van der Waals surface area contributed by atoms with Crippen molar-refractivity contribution in [1.82, 2.24) is 18.8 Å². The molecule has 6 rings (SSSR count). The minimum atomic E-state index is -3.64. The van der Waals surface area contributed by atoms with E-state index in [0.29, 0.717) is 24.4 Å². The number of aryl methyl sites for hydroxylation is 1. The van der Waals surface area contributed by atoms with Gasteiger partial charge in [-0.3, -0.25) is 4.98 Å². The summed E-state index contributed by atoms with van der Waals surface area (Å²) in [5, 5.41) is 5.18. The van der Waals surface area contributed by atoms with Gasteiger partial charge in [-0.25, -0.2) is 13.4 Å². The Kier molecular flexibility index (Phi) is 4.86. The highest BCUT2D eigenvalue weighted by Gasteiger charge is 2.31. The van der Waals surface area contributed by atoms with E-state index in [2.05, 4.69) is 15.3 Å². The van der Waals surface area contributed by atoms with Crippen LogP contribution in [0.4, 0.5) is 11.5 Å². The number of hydrogen-bond acceptors (Lipinski definition) is 5. The Hall–Kier alpha value is -3.75. The van der Waals surface area contributed by atoms with Crippen LogP contribution in [0.5, 0.6) is 0 Å². The fraction of sp³-hybridized carbons (Fsp3) is 0.154. The topological polar surface area (TPSA) is 80.1 Å². The summed E-state index contributed by atoms with van der Waals surface area (Å²) in [5.41, 5.74) is 4.69. The molecule has 1 aliphatic rings. The molecule has 4 heterocycles. The van der Waals surface area contributed by atoms with E-state index in [1.807, 2.05) is 66.3 Å². The van der Waals surface area contributed by atoms with Crippen LogP contribution in [-0.2, 0) is 30.0 Å². The Morgan fingerprint density at radius 1 is 1.00 bits per heavy atom. The SMILES string of the molecule is Cn1ccc2c(S(=O)(=O)N3CCc4c(ccnc4Nc4cnc5ccccc5c4)C3)cccc21. The van der Waals surface area contributed by atoms with E-state index >= 15 is 0 Å². The van der Waals surface area contributed by atoms with Crippen molar-refractivity contribution in [2.24, 2.45) is 7.05 Å². The van der Waals surface area contributed by atoms with E-state index in [9.17, 15) is 8.42 Å². The lowest BCUT2D eigenvalue weighted by Crippen LogP contribution is -2.36. The predicted molar refractivity (Wildman–Crippen MR) is 133 cm³/mol. The molecule has 0 amide bonds. The quantitative estimate of drug-likeness (QED) is 0.416. The van der Waals surface area contributed by atoms with Gasteiger partial charge < -0.3 is 9.88 Å². The second-order valence-electron chi connectivity index (χ2n) is 8.54. The van der Waals surface area contributed by atoms with Gasteiger partial charge in [0, 0.05) is 54.4 Å². The molecule has 3 aromatic heterocycles. The molecule has 0 fully saturated rings. The monoisotopic (exact) mass is 469 g/mol. The zero-order chi connectivity index (χ0) is 23.3. The molecule has 0 bridgehead atoms. The molecular formula is C26H23N5O2S. The molecule has 0 radical (unpaired) electrons. The summed E-state index contributed by atoms with van der Waals surface area (Å²) < 4.78 is 30.7. The van der Waals surface area contributed by atoms with E-state index in [0.717, 1.165) is 44.4 Å².